The van der Waals surface area contributed by atoms with E-state index in [0.29, 0.717) is 5.56 Å². The summed E-state index contributed by atoms with van der Waals surface area (Å²) in [6, 6.07) is 3.21. The van der Waals surface area contributed by atoms with Gasteiger partial charge in [-0.2, -0.15) is 0 Å². The second-order valence-electron chi connectivity index (χ2n) is 17.0. The second kappa shape index (κ2) is 24.4. The molecule has 0 radical (unpaired) electrons. The average molecular weight is 831 g/mol. The van der Waals surface area contributed by atoms with Gasteiger partial charge in [-0.1, -0.05) is 64.1 Å². The highest BCUT2D eigenvalue weighted by molar-refractivity contribution is 5.95. The molecule has 0 saturated heterocycles. The summed E-state index contributed by atoms with van der Waals surface area (Å²) in [5, 5.41) is 13.4. The molecule has 1 rings (SSSR count). The summed E-state index contributed by atoms with van der Waals surface area (Å²) in [6.07, 6.45) is 1.31. The van der Waals surface area contributed by atoms with Gasteiger partial charge < -0.3 is 46.5 Å². The third kappa shape index (κ3) is 22.3. The number of hydrogen-bond donors (Lipinski definition) is 6. The van der Waals surface area contributed by atoms with Gasteiger partial charge in [0.15, 0.2) is 0 Å². The van der Waals surface area contributed by atoms with Crippen molar-refractivity contribution in [3.63, 3.8) is 0 Å². The molecule has 0 aromatic heterocycles. The van der Waals surface area contributed by atoms with Gasteiger partial charge in [0, 0.05) is 31.4 Å². The van der Waals surface area contributed by atoms with Gasteiger partial charge in [0.2, 0.25) is 29.5 Å². The number of amides is 6. The minimum Gasteiger partial charge on any atom is -0.466 e. The molecule has 17 heteroatoms. The minimum atomic E-state index is -1.30. The molecule has 0 bridgehead atoms. The van der Waals surface area contributed by atoms with Gasteiger partial charge in [0.05, 0.1) is 7.11 Å². The highest BCUT2D eigenvalue weighted by Crippen LogP contribution is 2.14. The zero-order valence-corrected chi connectivity index (χ0v) is 36.4. The molecule has 7 N–H and O–H groups in total. The molecule has 0 fully saturated rings. The fourth-order valence-electron chi connectivity index (χ4n) is 5.52. The minimum absolute atomic E-state index is 0.0457. The molecule has 1 aromatic carbocycles. The number of carbonyl (C=O) groups is 8. The normalized spacial score (nSPS) is 14.3. The van der Waals surface area contributed by atoms with Crippen molar-refractivity contribution >= 4 is 47.6 Å². The highest BCUT2D eigenvalue weighted by Gasteiger charge is 2.34. The number of hydrogen-bond acceptors (Lipinski definition) is 11. The lowest BCUT2D eigenvalue weighted by molar-refractivity contribution is -0.155. The number of rotatable bonds is 22. The van der Waals surface area contributed by atoms with Crippen LogP contribution in [0.5, 0.6) is 0 Å². The van der Waals surface area contributed by atoms with Crippen molar-refractivity contribution < 1.29 is 52.6 Å². The predicted octanol–water partition coefficient (Wildman–Crippen LogP) is 2.88. The Kier molecular flexibility index (Phi) is 21.4. The molecule has 5 atom stereocenters. The van der Waals surface area contributed by atoms with Crippen LogP contribution in [0, 0.1) is 11.8 Å². The van der Waals surface area contributed by atoms with Crippen LogP contribution < -0.4 is 32.3 Å². The van der Waals surface area contributed by atoms with E-state index in [-0.39, 0.29) is 44.4 Å². The Morgan fingerprint density at radius 3 is 1.76 bits per heavy atom. The van der Waals surface area contributed by atoms with E-state index < -0.39 is 94.9 Å². The molecule has 6 amide bonds. The Morgan fingerprint density at radius 2 is 1.24 bits per heavy atom. The first-order valence-corrected chi connectivity index (χ1v) is 19.8. The fraction of sp³-hybridized carbons (Fsp3) is 0.619. The number of nitrogens with two attached hydrogens (primary N) is 1. The molecular formula is C42H66N6O11. The number of nitrogens with one attached hydrogen (secondary N) is 5. The fourth-order valence-corrected chi connectivity index (χ4v) is 5.52. The van der Waals surface area contributed by atoms with Gasteiger partial charge in [-0.3, -0.25) is 28.8 Å². The Balaban J connectivity index is 3.40. The van der Waals surface area contributed by atoms with Crippen molar-refractivity contribution in [1.82, 2.24) is 26.6 Å². The summed E-state index contributed by atoms with van der Waals surface area (Å²) in [4.78, 5) is 104. The molecule has 0 spiro atoms. The van der Waals surface area contributed by atoms with Crippen LogP contribution in [-0.4, -0.2) is 96.1 Å². The van der Waals surface area contributed by atoms with Crippen molar-refractivity contribution in [1.29, 1.82) is 0 Å². The number of esters is 2. The quantitative estimate of drug-likeness (QED) is 0.0563. The van der Waals surface area contributed by atoms with Crippen molar-refractivity contribution in [2.75, 3.05) is 7.11 Å². The monoisotopic (exact) mass is 830 g/mol. The number of methoxy groups -OCH3 is 1. The van der Waals surface area contributed by atoms with Crippen LogP contribution in [0.1, 0.15) is 107 Å². The van der Waals surface area contributed by atoms with Gasteiger partial charge >= 0.3 is 18.0 Å². The van der Waals surface area contributed by atoms with Gasteiger partial charge in [-0.15, -0.1) is 0 Å². The first kappa shape index (κ1) is 51.5. The number of carbonyl (C=O) groups excluding carboxylic acids is 8. The molecule has 1 aromatic rings. The van der Waals surface area contributed by atoms with E-state index in [1.807, 2.05) is 13.8 Å². The largest absolute Gasteiger partial charge is 0.466 e. The predicted molar refractivity (Wildman–Crippen MR) is 220 cm³/mol. The second-order valence-corrected chi connectivity index (χ2v) is 17.0. The number of primary amides is 1. The van der Waals surface area contributed by atoms with Crippen LogP contribution in [0.3, 0.4) is 0 Å². The molecule has 0 saturated carbocycles. The summed E-state index contributed by atoms with van der Waals surface area (Å²) in [6.45, 7) is 17.1. The number of alkyl carbamates (subject to hydrolysis) is 1. The maximum atomic E-state index is 14.0. The van der Waals surface area contributed by atoms with Gasteiger partial charge in [0.25, 0.3) is 0 Å². The van der Waals surface area contributed by atoms with E-state index in [0.717, 1.165) is 6.08 Å². The molecule has 59 heavy (non-hydrogen) atoms. The Morgan fingerprint density at radius 1 is 0.678 bits per heavy atom. The van der Waals surface area contributed by atoms with E-state index in [1.165, 1.54) is 13.2 Å². The van der Waals surface area contributed by atoms with E-state index in [9.17, 15) is 38.4 Å². The van der Waals surface area contributed by atoms with E-state index in [4.69, 9.17) is 15.2 Å². The zero-order valence-electron chi connectivity index (χ0n) is 36.4. The van der Waals surface area contributed by atoms with Crippen LogP contribution in [0.4, 0.5) is 4.79 Å². The summed E-state index contributed by atoms with van der Waals surface area (Å²) in [5.74, 6) is -5.33. The van der Waals surface area contributed by atoms with Crippen molar-refractivity contribution in [3.05, 3.63) is 48.0 Å². The molecule has 330 valence electrons. The summed E-state index contributed by atoms with van der Waals surface area (Å²) in [7, 11) is 1.19. The lowest BCUT2D eigenvalue weighted by atomic mass is 9.98. The third-order valence-electron chi connectivity index (χ3n) is 8.26. The summed E-state index contributed by atoms with van der Waals surface area (Å²) < 4.78 is 15.4. The molecule has 0 aliphatic heterocycles. The third-order valence-corrected chi connectivity index (χ3v) is 8.26. The van der Waals surface area contributed by atoms with Crippen LogP contribution >= 0.6 is 0 Å². The first-order chi connectivity index (χ1) is 27.3. The summed E-state index contributed by atoms with van der Waals surface area (Å²) >= 11 is 0. The molecule has 0 aliphatic carbocycles. The van der Waals surface area contributed by atoms with Crippen molar-refractivity contribution in [3.8, 4) is 0 Å². The van der Waals surface area contributed by atoms with Crippen LogP contribution in [0.2, 0.25) is 0 Å². The molecule has 0 heterocycles. The first-order valence-electron chi connectivity index (χ1n) is 19.8. The lowest BCUT2D eigenvalue weighted by Crippen LogP contribution is -2.60. The highest BCUT2D eigenvalue weighted by atomic mass is 16.6. The lowest BCUT2D eigenvalue weighted by Gasteiger charge is -2.29. The number of benzene rings is 1. The van der Waals surface area contributed by atoms with E-state index in [1.54, 1.807) is 85.7 Å². The Labute approximate surface area is 348 Å². The van der Waals surface area contributed by atoms with Gasteiger partial charge in [-0.05, 0) is 78.2 Å². The van der Waals surface area contributed by atoms with Gasteiger partial charge in [0.1, 0.15) is 35.4 Å². The maximum Gasteiger partial charge on any atom is 0.408 e. The Bertz CT molecular complexity index is 1620. The van der Waals surface area contributed by atoms with Crippen molar-refractivity contribution in [2.24, 2.45) is 17.6 Å². The standard InChI is InChI=1S/C42H66N6O11/c1-25(2)23-30(38(54)45-31(24-27-15-13-12-14-16-27)37(53)44-28(17-20-32(43)49)18-21-33(50)57-11)46-39(55)35(26(3)4)48-36(52)29(47-40(56)59-42(8,9)10)19-22-34(51)58-41(5,6)7/h12-16,18,21,25-26,28-31,35H,17,19-20,22-24H2,1-11H3,(H2,43,49)(H,44,53)(H,45,54)(H,46,55)(H,47,56)(H,48,52)/b21-18+/t28-,29-,30-,31-,35-/m0/s1. The summed E-state index contributed by atoms with van der Waals surface area (Å²) in [5.41, 5.74) is 4.37. The molecule has 0 aliphatic rings. The molecule has 0 unspecified atom stereocenters. The van der Waals surface area contributed by atoms with Crippen LogP contribution in [0.15, 0.2) is 42.5 Å². The average Bonchev–Trinajstić information content (AvgIpc) is 3.10. The maximum absolute atomic E-state index is 14.0. The SMILES string of the molecule is COC(=O)/C=C/[C@H](CCC(N)=O)NC(=O)[C@H](Cc1ccccc1)NC(=O)[C@H](CC(C)C)NC(=O)[C@@H](NC(=O)[C@H](CCC(=O)OC(C)(C)C)NC(=O)OC(C)(C)C)C(C)C. The zero-order chi connectivity index (χ0) is 45.1. The van der Waals surface area contributed by atoms with Crippen molar-refractivity contribution in [2.45, 2.75) is 149 Å². The Hall–Kier alpha value is -5.48. The van der Waals surface area contributed by atoms with Crippen LogP contribution in [-0.2, 0) is 54.2 Å². The topological polar surface area (TPSA) is 250 Å². The molecular weight excluding hydrogens is 764 g/mol. The van der Waals surface area contributed by atoms with Gasteiger partial charge in [-0.25, -0.2) is 9.59 Å². The van der Waals surface area contributed by atoms with Crippen LogP contribution in [0.25, 0.3) is 0 Å². The smallest absolute Gasteiger partial charge is 0.408 e. The number of ether oxygens (including phenoxy) is 3. The molecule has 17 nitrogen and oxygen atoms in total. The van der Waals surface area contributed by atoms with E-state index >= 15 is 0 Å². The van der Waals surface area contributed by atoms with E-state index in [2.05, 4.69) is 31.3 Å².